The van der Waals surface area contributed by atoms with Crippen molar-refractivity contribution >= 4 is 17.4 Å². The summed E-state index contributed by atoms with van der Waals surface area (Å²) in [6.07, 6.45) is 1.44. The van der Waals surface area contributed by atoms with E-state index in [0.717, 1.165) is 0 Å². The Bertz CT molecular complexity index is 773. The Morgan fingerprint density at radius 1 is 1.52 bits per heavy atom. The molecule has 106 valence electrons. The number of carbonyl (C=O) groups is 1. The lowest BCUT2D eigenvalue weighted by atomic mass is 10.1. The maximum absolute atomic E-state index is 12.2. The first-order valence-corrected chi connectivity index (χ1v) is 5.92. The summed E-state index contributed by atoms with van der Waals surface area (Å²) in [5, 5.41) is 26.3. The minimum atomic E-state index is -0.680. The molecule has 1 aromatic heterocycles. The number of nitro benzene ring substituents is 1. The molecule has 0 radical (unpaired) electrons. The average molecular weight is 285 g/mol. The Hall–Kier alpha value is -3.21. The van der Waals surface area contributed by atoms with E-state index in [2.05, 4.69) is 10.4 Å². The number of aromatic nitrogens is 2. The van der Waals surface area contributed by atoms with E-state index in [1.54, 1.807) is 20.0 Å². The fraction of sp³-hybridized carbons (Fsp3) is 0.154. The Kier molecular flexibility index (Phi) is 3.67. The number of amides is 1. The summed E-state index contributed by atoms with van der Waals surface area (Å²) in [5.41, 5.74) is 0.524. The van der Waals surface area contributed by atoms with Gasteiger partial charge in [-0.2, -0.15) is 10.4 Å². The molecule has 21 heavy (non-hydrogen) atoms. The Morgan fingerprint density at radius 2 is 2.24 bits per heavy atom. The number of nitrogens with one attached hydrogen (secondary N) is 1. The van der Waals surface area contributed by atoms with Crippen molar-refractivity contribution in [2.45, 2.75) is 6.92 Å². The molecule has 0 spiro atoms. The molecule has 0 aliphatic heterocycles. The fourth-order valence-electron chi connectivity index (χ4n) is 1.83. The molecular weight excluding hydrogens is 274 g/mol. The van der Waals surface area contributed by atoms with Gasteiger partial charge < -0.3 is 5.32 Å². The number of anilines is 1. The summed E-state index contributed by atoms with van der Waals surface area (Å²) in [5.74, 6) is -0.610. The molecule has 1 N–H and O–H groups in total. The molecule has 0 aliphatic carbocycles. The van der Waals surface area contributed by atoms with Crippen molar-refractivity contribution in [2.75, 3.05) is 5.32 Å². The van der Waals surface area contributed by atoms with Gasteiger partial charge in [-0.05, 0) is 18.6 Å². The number of hydrogen-bond donors (Lipinski definition) is 1. The predicted octanol–water partition coefficient (Wildman–Crippen LogP) is 1.76. The molecule has 8 nitrogen and oxygen atoms in total. The zero-order valence-corrected chi connectivity index (χ0v) is 11.3. The zero-order chi connectivity index (χ0) is 15.6. The van der Waals surface area contributed by atoms with Crippen LogP contribution in [0.15, 0.2) is 24.4 Å². The van der Waals surface area contributed by atoms with Crippen molar-refractivity contribution in [2.24, 2.45) is 7.05 Å². The Morgan fingerprint density at radius 3 is 2.86 bits per heavy atom. The van der Waals surface area contributed by atoms with Gasteiger partial charge in [0.05, 0.1) is 4.92 Å². The van der Waals surface area contributed by atoms with Crippen LogP contribution in [-0.2, 0) is 7.05 Å². The Balaban J connectivity index is 2.39. The lowest BCUT2D eigenvalue weighted by molar-refractivity contribution is -0.385. The lowest BCUT2D eigenvalue weighted by Crippen LogP contribution is -2.15. The molecule has 0 unspecified atom stereocenters. The molecule has 0 saturated carbocycles. The first-order valence-electron chi connectivity index (χ1n) is 5.92. The summed E-state index contributed by atoms with van der Waals surface area (Å²) in [6.45, 7) is 1.72. The summed E-state index contributed by atoms with van der Waals surface area (Å²) in [7, 11) is 1.60. The summed E-state index contributed by atoms with van der Waals surface area (Å²) in [6, 6.07) is 6.13. The first-order chi connectivity index (χ1) is 9.92. The van der Waals surface area contributed by atoms with E-state index in [1.807, 2.05) is 6.07 Å². The summed E-state index contributed by atoms with van der Waals surface area (Å²) in [4.78, 5) is 22.5. The second-order valence-electron chi connectivity index (χ2n) is 4.41. The van der Waals surface area contributed by atoms with E-state index in [-0.39, 0.29) is 22.6 Å². The normalized spacial score (nSPS) is 9.95. The second-order valence-corrected chi connectivity index (χ2v) is 4.41. The highest BCUT2D eigenvalue weighted by Crippen LogP contribution is 2.21. The van der Waals surface area contributed by atoms with Crippen molar-refractivity contribution in [1.82, 2.24) is 9.78 Å². The van der Waals surface area contributed by atoms with Gasteiger partial charge in [-0.1, -0.05) is 6.07 Å². The van der Waals surface area contributed by atoms with E-state index >= 15 is 0 Å². The highest BCUT2D eigenvalue weighted by Gasteiger charge is 2.21. The molecule has 2 aromatic rings. The molecule has 0 aliphatic rings. The Labute approximate surface area is 119 Å². The van der Waals surface area contributed by atoms with Crippen LogP contribution in [0.3, 0.4) is 0 Å². The summed E-state index contributed by atoms with van der Waals surface area (Å²) >= 11 is 0. The molecule has 2 rings (SSSR count). The third-order valence-electron chi connectivity index (χ3n) is 2.77. The van der Waals surface area contributed by atoms with E-state index in [4.69, 9.17) is 5.26 Å². The molecule has 8 heteroatoms. The quantitative estimate of drug-likeness (QED) is 0.681. The predicted molar refractivity (Wildman–Crippen MR) is 73.7 cm³/mol. The average Bonchev–Trinajstić information content (AvgIpc) is 2.78. The molecule has 1 heterocycles. The van der Waals surface area contributed by atoms with Crippen LogP contribution in [0.25, 0.3) is 0 Å². The number of hydrogen-bond acceptors (Lipinski definition) is 5. The van der Waals surface area contributed by atoms with E-state index in [1.165, 1.54) is 23.0 Å². The largest absolute Gasteiger partial charge is 0.304 e. The van der Waals surface area contributed by atoms with Gasteiger partial charge in [-0.25, -0.2) is 0 Å². The van der Waals surface area contributed by atoms with E-state index in [9.17, 15) is 14.9 Å². The number of aryl methyl sites for hydroxylation is 2. The monoisotopic (exact) mass is 285 g/mol. The van der Waals surface area contributed by atoms with Crippen molar-refractivity contribution in [3.05, 3.63) is 51.2 Å². The van der Waals surface area contributed by atoms with Crippen molar-refractivity contribution in [3.8, 4) is 6.07 Å². The third-order valence-corrected chi connectivity index (χ3v) is 2.77. The number of nitriles is 1. The number of nitrogens with zero attached hydrogens (tertiary/aromatic N) is 4. The fourth-order valence-corrected chi connectivity index (χ4v) is 1.83. The maximum atomic E-state index is 12.2. The van der Waals surface area contributed by atoms with Crippen LogP contribution in [0.4, 0.5) is 11.5 Å². The van der Waals surface area contributed by atoms with Gasteiger partial charge >= 0.3 is 0 Å². The number of rotatable bonds is 3. The van der Waals surface area contributed by atoms with Crippen molar-refractivity contribution < 1.29 is 9.72 Å². The van der Waals surface area contributed by atoms with Crippen LogP contribution in [0, 0.1) is 28.4 Å². The number of nitro groups is 1. The lowest BCUT2D eigenvalue weighted by Gasteiger charge is -2.04. The van der Waals surface area contributed by atoms with Crippen LogP contribution in [0.5, 0.6) is 0 Å². The topological polar surface area (TPSA) is 114 Å². The van der Waals surface area contributed by atoms with Gasteiger partial charge in [0.1, 0.15) is 17.2 Å². The van der Waals surface area contributed by atoms with Crippen LogP contribution < -0.4 is 5.32 Å². The van der Waals surface area contributed by atoms with Crippen molar-refractivity contribution in [3.63, 3.8) is 0 Å². The zero-order valence-electron chi connectivity index (χ0n) is 11.3. The highest BCUT2D eigenvalue weighted by atomic mass is 16.6. The van der Waals surface area contributed by atoms with Gasteiger partial charge in [-0.3, -0.25) is 19.6 Å². The molecule has 0 bridgehead atoms. The van der Waals surface area contributed by atoms with Gasteiger partial charge in [-0.15, -0.1) is 0 Å². The minimum absolute atomic E-state index is 0.0702. The maximum Gasteiger partial charge on any atom is 0.282 e. The van der Waals surface area contributed by atoms with Crippen LogP contribution in [0.2, 0.25) is 0 Å². The SMILES string of the molecule is Cc1ccc([N+](=O)[O-])c(C(=O)Nc2nn(C)cc2C#N)c1. The highest BCUT2D eigenvalue weighted by molar-refractivity contribution is 6.07. The number of benzene rings is 1. The summed E-state index contributed by atoms with van der Waals surface area (Å²) < 4.78 is 1.37. The molecule has 0 atom stereocenters. The van der Waals surface area contributed by atoms with Crippen LogP contribution in [0.1, 0.15) is 21.5 Å². The van der Waals surface area contributed by atoms with E-state index < -0.39 is 10.8 Å². The molecule has 1 aromatic carbocycles. The minimum Gasteiger partial charge on any atom is -0.304 e. The van der Waals surface area contributed by atoms with Gasteiger partial charge in [0.25, 0.3) is 11.6 Å². The smallest absolute Gasteiger partial charge is 0.282 e. The standard InChI is InChI=1S/C13H11N5O3/c1-8-3-4-11(18(20)21)10(5-8)13(19)15-12-9(6-14)7-17(2)16-12/h3-5,7H,1-2H3,(H,15,16,19). The van der Waals surface area contributed by atoms with Crippen LogP contribution >= 0.6 is 0 Å². The van der Waals surface area contributed by atoms with Gasteiger partial charge in [0.2, 0.25) is 0 Å². The molecule has 0 saturated heterocycles. The number of carbonyl (C=O) groups excluding carboxylic acids is 1. The molecule has 0 fully saturated rings. The van der Waals surface area contributed by atoms with Crippen LogP contribution in [-0.4, -0.2) is 20.6 Å². The van der Waals surface area contributed by atoms with Gasteiger partial charge in [0, 0.05) is 19.3 Å². The third kappa shape index (κ3) is 2.87. The first kappa shape index (κ1) is 14.2. The molecule has 1 amide bonds. The molecular formula is C13H11N5O3. The van der Waals surface area contributed by atoms with Gasteiger partial charge in [0.15, 0.2) is 5.82 Å². The second kappa shape index (κ2) is 5.42. The van der Waals surface area contributed by atoms with E-state index in [0.29, 0.717) is 5.56 Å². The van der Waals surface area contributed by atoms with Crippen molar-refractivity contribution in [1.29, 1.82) is 5.26 Å².